The topological polar surface area (TPSA) is 88.0 Å². The van der Waals surface area contributed by atoms with Gasteiger partial charge in [-0.25, -0.2) is 4.98 Å². The van der Waals surface area contributed by atoms with E-state index in [1.807, 2.05) is 29.2 Å². The van der Waals surface area contributed by atoms with Gasteiger partial charge in [-0.2, -0.15) is 10.1 Å². The second kappa shape index (κ2) is 7.36. The third-order valence-electron chi connectivity index (χ3n) is 4.53. The smallest absolute Gasteiger partial charge is 0.246 e. The van der Waals surface area contributed by atoms with Crippen molar-refractivity contribution in [2.45, 2.75) is 25.9 Å². The fourth-order valence-electron chi connectivity index (χ4n) is 3.15. The molecule has 0 aliphatic carbocycles. The third-order valence-corrected chi connectivity index (χ3v) is 5.44. The Morgan fingerprint density at radius 2 is 2.37 bits per heavy atom. The van der Waals surface area contributed by atoms with Crippen molar-refractivity contribution in [2.24, 2.45) is 0 Å². The Bertz CT molecular complexity index is 979. The van der Waals surface area contributed by atoms with Gasteiger partial charge in [0.15, 0.2) is 0 Å². The van der Waals surface area contributed by atoms with E-state index in [4.69, 9.17) is 0 Å². The number of amides is 1. The molecule has 3 aromatic heterocycles. The highest BCUT2D eigenvalue weighted by Crippen LogP contribution is 2.29. The Kier molecular flexibility index (Phi) is 4.76. The van der Waals surface area contributed by atoms with Gasteiger partial charge in [0, 0.05) is 31.9 Å². The van der Waals surface area contributed by atoms with Gasteiger partial charge in [-0.3, -0.25) is 9.48 Å². The molecule has 0 spiro atoms. The summed E-state index contributed by atoms with van der Waals surface area (Å²) in [5.41, 5.74) is 1.74. The molecule has 1 amide bonds. The highest BCUT2D eigenvalue weighted by atomic mass is 32.1. The van der Waals surface area contributed by atoms with Crippen LogP contribution < -0.4 is 10.6 Å². The fourth-order valence-corrected chi connectivity index (χ4v) is 3.93. The van der Waals surface area contributed by atoms with Gasteiger partial charge in [0.25, 0.3) is 0 Å². The molecule has 4 rings (SSSR count). The molecule has 3 aromatic rings. The van der Waals surface area contributed by atoms with Gasteiger partial charge in [0.1, 0.15) is 5.82 Å². The van der Waals surface area contributed by atoms with E-state index in [1.165, 1.54) is 6.08 Å². The number of aromatic nitrogens is 4. The second-order valence-electron chi connectivity index (χ2n) is 6.36. The number of thiophene rings is 1. The molecule has 0 unspecified atom stereocenters. The molecule has 27 heavy (non-hydrogen) atoms. The average Bonchev–Trinajstić information content (AvgIpc) is 3.41. The van der Waals surface area contributed by atoms with E-state index in [-0.39, 0.29) is 11.9 Å². The Labute approximate surface area is 160 Å². The number of carbonyl (C=O) groups is 1. The standard InChI is InChI=1S/C18H21N7OS/c1-3-15(26)24-7-5-12(10-24)20-17-16-14(6-8-27-16)22-18(23-17)21-13-9-19-25(4-2)11-13/h3,6,8-9,11-12H,1,4-5,7,10H2,2H3,(H2,20,21,22,23)/t12-/m1/s1. The maximum absolute atomic E-state index is 11.8. The molecule has 9 heteroatoms. The molecule has 1 atom stereocenters. The second-order valence-corrected chi connectivity index (χ2v) is 7.27. The molecule has 1 saturated heterocycles. The highest BCUT2D eigenvalue weighted by molar-refractivity contribution is 7.17. The molecule has 0 bridgehead atoms. The highest BCUT2D eigenvalue weighted by Gasteiger charge is 2.25. The quantitative estimate of drug-likeness (QED) is 0.637. The Morgan fingerprint density at radius 3 is 3.15 bits per heavy atom. The number of anilines is 3. The predicted octanol–water partition coefficient (Wildman–Crippen LogP) is 2.85. The lowest BCUT2D eigenvalue weighted by molar-refractivity contribution is -0.125. The zero-order valence-corrected chi connectivity index (χ0v) is 15.9. The fraction of sp³-hybridized carbons (Fsp3) is 0.333. The lowest BCUT2D eigenvalue weighted by Crippen LogP contribution is -2.30. The monoisotopic (exact) mass is 383 g/mol. The maximum atomic E-state index is 11.8. The van der Waals surface area contributed by atoms with Crippen LogP contribution in [0.2, 0.25) is 0 Å². The van der Waals surface area contributed by atoms with Crippen LogP contribution in [-0.4, -0.2) is 49.7 Å². The molecule has 0 aromatic carbocycles. The van der Waals surface area contributed by atoms with Crippen molar-refractivity contribution in [1.29, 1.82) is 0 Å². The summed E-state index contributed by atoms with van der Waals surface area (Å²) in [5.74, 6) is 1.29. The number of rotatable bonds is 6. The average molecular weight is 383 g/mol. The van der Waals surface area contributed by atoms with Crippen LogP contribution in [-0.2, 0) is 11.3 Å². The van der Waals surface area contributed by atoms with E-state index >= 15 is 0 Å². The summed E-state index contributed by atoms with van der Waals surface area (Å²) in [6.07, 6.45) is 5.92. The van der Waals surface area contributed by atoms with E-state index < -0.39 is 0 Å². The molecule has 0 saturated carbocycles. The van der Waals surface area contributed by atoms with Crippen LogP contribution >= 0.6 is 11.3 Å². The minimum Gasteiger partial charge on any atom is -0.364 e. The summed E-state index contributed by atoms with van der Waals surface area (Å²) >= 11 is 1.60. The zero-order chi connectivity index (χ0) is 18.8. The number of nitrogens with zero attached hydrogens (tertiary/aromatic N) is 5. The number of aryl methyl sites for hydroxylation is 1. The largest absolute Gasteiger partial charge is 0.364 e. The van der Waals surface area contributed by atoms with Crippen molar-refractivity contribution in [3.63, 3.8) is 0 Å². The van der Waals surface area contributed by atoms with Crippen molar-refractivity contribution in [1.82, 2.24) is 24.6 Å². The van der Waals surface area contributed by atoms with Crippen LogP contribution in [0.4, 0.5) is 17.5 Å². The maximum Gasteiger partial charge on any atom is 0.246 e. The summed E-state index contributed by atoms with van der Waals surface area (Å²) in [7, 11) is 0. The van der Waals surface area contributed by atoms with Crippen LogP contribution in [0.3, 0.4) is 0 Å². The lowest BCUT2D eigenvalue weighted by atomic mass is 10.2. The van der Waals surface area contributed by atoms with Crippen LogP contribution in [0.1, 0.15) is 13.3 Å². The number of nitrogens with one attached hydrogen (secondary N) is 2. The van der Waals surface area contributed by atoms with Gasteiger partial charge in [-0.1, -0.05) is 6.58 Å². The Hall–Kier alpha value is -2.94. The molecule has 1 aliphatic rings. The molecule has 0 radical (unpaired) electrons. The Balaban J connectivity index is 1.56. The van der Waals surface area contributed by atoms with E-state index in [0.29, 0.717) is 12.5 Å². The lowest BCUT2D eigenvalue weighted by Gasteiger charge is -2.16. The number of likely N-dealkylation sites (tertiary alicyclic amines) is 1. The first-order valence-corrected chi connectivity index (χ1v) is 9.77. The van der Waals surface area contributed by atoms with E-state index in [2.05, 4.69) is 32.3 Å². The van der Waals surface area contributed by atoms with Crippen LogP contribution in [0.15, 0.2) is 36.5 Å². The predicted molar refractivity (Wildman–Crippen MR) is 107 cm³/mol. The number of hydrogen-bond acceptors (Lipinski definition) is 7. The van der Waals surface area contributed by atoms with Gasteiger partial charge in [0.05, 0.1) is 22.1 Å². The van der Waals surface area contributed by atoms with Gasteiger partial charge < -0.3 is 15.5 Å². The number of fused-ring (bicyclic) bond motifs is 1. The molecule has 140 valence electrons. The summed E-state index contributed by atoms with van der Waals surface area (Å²) in [5, 5.41) is 13.0. The summed E-state index contributed by atoms with van der Waals surface area (Å²) < 4.78 is 2.85. The van der Waals surface area contributed by atoms with Crippen LogP contribution in [0, 0.1) is 0 Å². The molecule has 1 fully saturated rings. The minimum atomic E-state index is -0.0291. The van der Waals surface area contributed by atoms with E-state index in [9.17, 15) is 4.79 Å². The first kappa shape index (κ1) is 17.5. The summed E-state index contributed by atoms with van der Waals surface area (Å²) in [4.78, 5) is 22.9. The molecular formula is C18H21N7OS. The SMILES string of the molecule is C=CC(=O)N1CC[C@@H](Nc2nc(Nc3cnn(CC)c3)nc3ccsc23)C1. The van der Waals surface area contributed by atoms with Gasteiger partial charge in [-0.15, -0.1) is 11.3 Å². The first-order valence-electron chi connectivity index (χ1n) is 8.89. The molecule has 8 nitrogen and oxygen atoms in total. The van der Waals surface area contributed by atoms with Gasteiger partial charge in [-0.05, 0) is 30.9 Å². The molecule has 1 aliphatic heterocycles. The third kappa shape index (κ3) is 3.63. The number of carbonyl (C=O) groups excluding carboxylic acids is 1. The van der Waals surface area contributed by atoms with Crippen molar-refractivity contribution < 1.29 is 4.79 Å². The zero-order valence-electron chi connectivity index (χ0n) is 15.1. The Morgan fingerprint density at radius 1 is 1.48 bits per heavy atom. The van der Waals surface area contributed by atoms with Crippen LogP contribution in [0.5, 0.6) is 0 Å². The molecule has 2 N–H and O–H groups in total. The first-order chi connectivity index (χ1) is 13.2. The van der Waals surface area contributed by atoms with Crippen molar-refractivity contribution in [3.05, 3.63) is 36.5 Å². The van der Waals surface area contributed by atoms with Crippen molar-refractivity contribution in [2.75, 3.05) is 23.7 Å². The molecule has 4 heterocycles. The van der Waals surface area contributed by atoms with Crippen LogP contribution in [0.25, 0.3) is 10.2 Å². The van der Waals surface area contributed by atoms with Gasteiger partial charge >= 0.3 is 0 Å². The van der Waals surface area contributed by atoms with Crippen molar-refractivity contribution in [3.8, 4) is 0 Å². The normalized spacial score (nSPS) is 16.6. The van der Waals surface area contributed by atoms with Crippen molar-refractivity contribution >= 4 is 44.9 Å². The number of hydrogen-bond donors (Lipinski definition) is 2. The van der Waals surface area contributed by atoms with Gasteiger partial charge in [0.2, 0.25) is 11.9 Å². The summed E-state index contributed by atoms with van der Waals surface area (Å²) in [6.45, 7) is 7.78. The molecular weight excluding hydrogens is 362 g/mol. The minimum absolute atomic E-state index is 0.0291. The van der Waals surface area contributed by atoms with E-state index in [0.717, 1.165) is 41.2 Å². The summed E-state index contributed by atoms with van der Waals surface area (Å²) in [6, 6.07) is 2.14. The van der Waals surface area contributed by atoms with E-state index in [1.54, 1.807) is 22.4 Å².